The van der Waals surface area contributed by atoms with Crippen molar-refractivity contribution in [2.24, 2.45) is 4.99 Å². The average molecular weight is 437 g/mol. The molecule has 0 radical (unpaired) electrons. The number of morpholine rings is 1. The Morgan fingerprint density at radius 3 is 2.73 bits per heavy atom. The van der Waals surface area contributed by atoms with Crippen molar-refractivity contribution in [2.45, 2.75) is 6.54 Å². The van der Waals surface area contributed by atoms with Crippen LogP contribution in [-0.4, -0.2) is 57.3 Å². The molecule has 0 saturated carbocycles. The number of hydrogen-bond acceptors (Lipinski definition) is 5. The molecule has 0 spiro atoms. The number of rotatable bonds is 3. The van der Waals surface area contributed by atoms with E-state index >= 15 is 0 Å². The summed E-state index contributed by atoms with van der Waals surface area (Å²) in [5.74, 6) is 0.961. The van der Waals surface area contributed by atoms with Gasteiger partial charge in [0, 0.05) is 43.9 Å². The fourth-order valence-electron chi connectivity index (χ4n) is 2.71. The quantitative estimate of drug-likeness (QED) is 0.738. The minimum atomic E-state index is 0. The topological polar surface area (TPSA) is 40.1 Å². The number of aliphatic imine (C=N–C) groups is 1. The van der Waals surface area contributed by atoms with Crippen molar-refractivity contribution in [1.82, 2.24) is 10.2 Å². The van der Waals surface area contributed by atoms with Gasteiger partial charge in [-0.3, -0.25) is 4.99 Å². The molecular formula is C15H22ClIN4O. The molecule has 122 valence electrons. The number of ether oxygens (including phenoxy) is 1. The van der Waals surface area contributed by atoms with Crippen LogP contribution in [0.25, 0.3) is 0 Å². The van der Waals surface area contributed by atoms with Crippen molar-refractivity contribution in [2.75, 3.05) is 51.3 Å². The summed E-state index contributed by atoms with van der Waals surface area (Å²) in [5, 5.41) is 4.18. The maximum atomic E-state index is 6.17. The van der Waals surface area contributed by atoms with Gasteiger partial charge in [0.15, 0.2) is 5.96 Å². The molecule has 0 atom stereocenters. The Labute approximate surface area is 153 Å². The number of likely N-dealkylation sites (N-methyl/N-ethyl adjacent to an activating group) is 1. The van der Waals surface area contributed by atoms with Crippen LogP contribution in [0.15, 0.2) is 23.2 Å². The zero-order chi connectivity index (χ0) is 14.7. The van der Waals surface area contributed by atoms with Gasteiger partial charge in [0.2, 0.25) is 0 Å². The molecule has 1 fully saturated rings. The van der Waals surface area contributed by atoms with Crippen molar-refractivity contribution in [3.05, 3.63) is 28.8 Å². The zero-order valence-electron chi connectivity index (χ0n) is 12.7. The van der Waals surface area contributed by atoms with Gasteiger partial charge in [-0.15, -0.1) is 24.0 Å². The second kappa shape index (κ2) is 8.21. The number of nitrogens with one attached hydrogen (secondary N) is 1. The zero-order valence-corrected chi connectivity index (χ0v) is 15.8. The maximum absolute atomic E-state index is 6.17. The largest absolute Gasteiger partial charge is 0.378 e. The molecule has 5 nitrogen and oxygen atoms in total. The van der Waals surface area contributed by atoms with Crippen molar-refractivity contribution >= 4 is 47.2 Å². The molecule has 22 heavy (non-hydrogen) atoms. The Kier molecular flexibility index (Phi) is 6.58. The van der Waals surface area contributed by atoms with E-state index in [-0.39, 0.29) is 24.0 Å². The second-order valence-corrected chi connectivity index (χ2v) is 5.79. The summed E-state index contributed by atoms with van der Waals surface area (Å²) in [7, 11) is 2.06. The van der Waals surface area contributed by atoms with E-state index in [0.717, 1.165) is 56.9 Å². The lowest BCUT2D eigenvalue weighted by Crippen LogP contribution is -2.38. The predicted octanol–water partition coefficient (Wildman–Crippen LogP) is 2.19. The Bertz CT molecular complexity index is 534. The number of anilines is 1. The van der Waals surface area contributed by atoms with Crippen LogP contribution in [0.1, 0.15) is 5.56 Å². The van der Waals surface area contributed by atoms with E-state index in [2.05, 4.69) is 33.2 Å². The van der Waals surface area contributed by atoms with Crippen molar-refractivity contribution < 1.29 is 4.74 Å². The first-order valence-electron chi connectivity index (χ1n) is 7.34. The molecule has 1 aromatic rings. The van der Waals surface area contributed by atoms with Crippen LogP contribution in [0, 0.1) is 0 Å². The Morgan fingerprint density at radius 2 is 2.05 bits per heavy atom. The van der Waals surface area contributed by atoms with E-state index in [1.165, 1.54) is 11.3 Å². The summed E-state index contributed by atoms with van der Waals surface area (Å²) >= 11 is 6.17. The van der Waals surface area contributed by atoms with E-state index in [9.17, 15) is 0 Å². The summed E-state index contributed by atoms with van der Waals surface area (Å²) in [4.78, 5) is 8.96. The van der Waals surface area contributed by atoms with Crippen LogP contribution >= 0.6 is 35.6 Å². The van der Waals surface area contributed by atoms with Crippen molar-refractivity contribution in [3.8, 4) is 0 Å². The fraction of sp³-hybridized carbons (Fsp3) is 0.533. The maximum Gasteiger partial charge on any atom is 0.194 e. The molecule has 2 aliphatic heterocycles. The van der Waals surface area contributed by atoms with Crippen molar-refractivity contribution in [3.63, 3.8) is 0 Å². The summed E-state index contributed by atoms with van der Waals surface area (Å²) < 4.78 is 5.43. The van der Waals surface area contributed by atoms with E-state index in [4.69, 9.17) is 16.3 Å². The van der Waals surface area contributed by atoms with Gasteiger partial charge in [-0.05, 0) is 23.8 Å². The first kappa shape index (κ1) is 17.6. The summed E-state index contributed by atoms with van der Waals surface area (Å²) in [6.45, 7) is 6.00. The molecule has 1 aromatic carbocycles. The molecule has 2 heterocycles. The average Bonchev–Trinajstić information content (AvgIpc) is 2.91. The van der Waals surface area contributed by atoms with Crippen molar-refractivity contribution in [1.29, 1.82) is 0 Å². The van der Waals surface area contributed by atoms with Gasteiger partial charge in [0.05, 0.1) is 19.8 Å². The molecule has 0 aromatic heterocycles. The highest BCUT2D eigenvalue weighted by molar-refractivity contribution is 14.0. The highest BCUT2D eigenvalue weighted by Gasteiger charge is 2.17. The number of benzene rings is 1. The van der Waals surface area contributed by atoms with Gasteiger partial charge < -0.3 is 19.9 Å². The lowest BCUT2D eigenvalue weighted by molar-refractivity contribution is 0.122. The highest BCUT2D eigenvalue weighted by atomic mass is 127. The van der Waals surface area contributed by atoms with Crippen LogP contribution < -0.4 is 10.2 Å². The minimum Gasteiger partial charge on any atom is -0.378 e. The van der Waals surface area contributed by atoms with E-state index < -0.39 is 0 Å². The van der Waals surface area contributed by atoms with E-state index in [1.807, 2.05) is 12.1 Å². The predicted molar refractivity (Wildman–Crippen MR) is 102 cm³/mol. The molecule has 0 aliphatic carbocycles. The fourth-order valence-corrected chi connectivity index (χ4v) is 2.90. The molecule has 0 bridgehead atoms. The smallest absolute Gasteiger partial charge is 0.194 e. The summed E-state index contributed by atoms with van der Waals surface area (Å²) in [5.41, 5.74) is 2.43. The van der Waals surface area contributed by atoms with Crippen LogP contribution in [0.4, 0.5) is 5.69 Å². The Morgan fingerprint density at radius 1 is 1.27 bits per heavy atom. The number of nitrogens with zero attached hydrogens (tertiary/aromatic N) is 3. The molecule has 3 rings (SSSR count). The Balaban J connectivity index is 0.00000176. The highest BCUT2D eigenvalue weighted by Crippen LogP contribution is 2.25. The third-order valence-corrected chi connectivity index (χ3v) is 4.12. The summed E-state index contributed by atoms with van der Waals surface area (Å²) in [6.07, 6.45) is 0. The van der Waals surface area contributed by atoms with Gasteiger partial charge >= 0.3 is 0 Å². The molecule has 2 aliphatic rings. The molecule has 1 N–H and O–H groups in total. The minimum absolute atomic E-state index is 0. The third-order valence-electron chi connectivity index (χ3n) is 3.89. The van der Waals surface area contributed by atoms with Gasteiger partial charge in [-0.25, -0.2) is 0 Å². The monoisotopic (exact) mass is 436 g/mol. The third kappa shape index (κ3) is 4.17. The van der Waals surface area contributed by atoms with Gasteiger partial charge in [-0.2, -0.15) is 0 Å². The van der Waals surface area contributed by atoms with Crippen LogP contribution in [0.3, 0.4) is 0 Å². The van der Waals surface area contributed by atoms with Crippen LogP contribution in [0.5, 0.6) is 0 Å². The van der Waals surface area contributed by atoms with E-state index in [1.54, 1.807) is 0 Å². The van der Waals surface area contributed by atoms with Gasteiger partial charge in [0.1, 0.15) is 0 Å². The Hall–Kier alpha value is -0.730. The molecule has 1 saturated heterocycles. The second-order valence-electron chi connectivity index (χ2n) is 5.35. The number of hydrogen-bond donors (Lipinski definition) is 1. The normalized spacial score (nSPS) is 18.0. The summed E-state index contributed by atoms with van der Waals surface area (Å²) in [6, 6.07) is 6.09. The first-order valence-corrected chi connectivity index (χ1v) is 7.72. The molecule has 7 heteroatoms. The molecule has 0 unspecified atom stereocenters. The van der Waals surface area contributed by atoms with Gasteiger partial charge in [0.25, 0.3) is 0 Å². The SMILES string of the molecule is CN1CCN=C1NCc1cc(Cl)ccc1N1CCOCC1.I. The van der Waals surface area contributed by atoms with Crippen LogP contribution in [0.2, 0.25) is 5.02 Å². The number of halogens is 2. The standard InChI is InChI=1S/C15H21ClN4O.HI/c1-19-5-4-17-15(19)18-11-12-10-13(16)2-3-14(12)20-6-8-21-9-7-20;/h2-3,10H,4-9,11H2,1H3,(H,17,18);1H. The lowest BCUT2D eigenvalue weighted by Gasteiger charge is -2.31. The lowest BCUT2D eigenvalue weighted by atomic mass is 10.1. The van der Waals surface area contributed by atoms with Crippen LogP contribution in [-0.2, 0) is 11.3 Å². The molecule has 0 amide bonds. The first-order chi connectivity index (χ1) is 10.2. The van der Waals surface area contributed by atoms with E-state index in [0.29, 0.717) is 0 Å². The van der Waals surface area contributed by atoms with Gasteiger partial charge in [-0.1, -0.05) is 11.6 Å². The number of guanidine groups is 1. The molecular weight excluding hydrogens is 415 g/mol.